The van der Waals surface area contributed by atoms with Crippen LogP contribution in [0.4, 0.5) is 5.95 Å². The van der Waals surface area contributed by atoms with Gasteiger partial charge in [0.1, 0.15) is 0 Å². The van der Waals surface area contributed by atoms with Crippen molar-refractivity contribution in [3.8, 4) is 11.3 Å². The zero-order chi connectivity index (χ0) is 16.4. The molecule has 0 saturated carbocycles. The molecule has 5 nitrogen and oxygen atoms in total. The summed E-state index contributed by atoms with van der Waals surface area (Å²) in [6, 6.07) is 9.72. The van der Waals surface area contributed by atoms with Gasteiger partial charge in [0.25, 0.3) is 0 Å². The van der Waals surface area contributed by atoms with Crippen molar-refractivity contribution in [2.75, 3.05) is 5.32 Å². The Hall–Kier alpha value is -2.40. The van der Waals surface area contributed by atoms with Crippen molar-refractivity contribution in [3.63, 3.8) is 0 Å². The lowest BCUT2D eigenvalue weighted by Crippen LogP contribution is -2.09. The van der Waals surface area contributed by atoms with Gasteiger partial charge >= 0.3 is 0 Å². The molecule has 3 aromatic rings. The molecule has 1 N–H and O–H groups in total. The molecule has 0 spiro atoms. The number of benzene rings is 1. The van der Waals surface area contributed by atoms with Gasteiger partial charge in [0.05, 0.1) is 17.4 Å². The Bertz CT molecular complexity index is 810. The molecule has 118 valence electrons. The van der Waals surface area contributed by atoms with Crippen molar-refractivity contribution in [3.05, 3.63) is 59.0 Å². The quantitative estimate of drug-likeness (QED) is 0.786. The largest absolute Gasteiger partial charge is 0.348 e. The highest BCUT2D eigenvalue weighted by atomic mass is 35.5. The van der Waals surface area contributed by atoms with E-state index in [0.29, 0.717) is 5.95 Å². The lowest BCUT2D eigenvalue weighted by atomic mass is 10.1. The molecule has 0 amide bonds. The first-order valence-electron chi connectivity index (χ1n) is 7.38. The minimum Gasteiger partial charge on any atom is -0.348 e. The first-order chi connectivity index (χ1) is 11.0. The van der Waals surface area contributed by atoms with Gasteiger partial charge < -0.3 is 5.32 Å². The predicted octanol–water partition coefficient (Wildman–Crippen LogP) is 4.01. The maximum Gasteiger partial charge on any atom is 0.223 e. The predicted molar refractivity (Wildman–Crippen MR) is 92.5 cm³/mol. The van der Waals surface area contributed by atoms with Gasteiger partial charge in [-0.1, -0.05) is 23.7 Å². The molecule has 0 fully saturated rings. The number of nitrogens with one attached hydrogen (secondary N) is 1. The fourth-order valence-electron chi connectivity index (χ4n) is 2.46. The highest BCUT2D eigenvalue weighted by molar-refractivity contribution is 6.30. The summed E-state index contributed by atoms with van der Waals surface area (Å²) in [5, 5.41) is 8.41. The van der Waals surface area contributed by atoms with E-state index in [2.05, 4.69) is 27.3 Å². The summed E-state index contributed by atoms with van der Waals surface area (Å²) in [6.07, 6.45) is 3.72. The maximum absolute atomic E-state index is 5.93. The van der Waals surface area contributed by atoms with Crippen LogP contribution in [-0.2, 0) is 7.05 Å². The van der Waals surface area contributed by atoms with Crippen molar-refractivity contribution < 1.29 is 0 Å². The van der Waals surface area contributed by atoms with Crippen LogP contribution in [-0.4, -0.2) is 19.7 Å². The van der Waals surface area contributed by atoms with E-state index in [4.69, 9.17) is 11.6 Å². The third kappa shape index (κ3) is 3.51. The number of halogens is 1. The van der Waals surface area contributed by atoms with Crippen molar-refractivity contribution in [2.24, 2.45) is 7.05 Å². The van der Waals surface area contributed by atoms with Crippen LogP contribution in [0.5, 0.6) is 0 Å². The first-order valence-corrected chi connectivity index (χ1v) is 7.76. The molecule has 23 heavy (non-hydrogen) atoms. The van der Waals surface area contributed by atoms with Crippen LogP contribution in [0.2, 0.25) is 5.02 Å². The Kier molecular flexibility index (Phi) is 4.30. The van der Waals surface area contributed by atoms with E-state index in [1.807, 2.05) is 50.5 Å². The van der Waals surface area contributed by atoms with Gasteiger partial charge in [0.2, 0.25) is 5.95 Å². The molecule has 2 heterocycles. The van der Waals surface area contributed by atoms with E-state index in [1.165, 1.54) is 0 Å². The number of hydrogen-bond donors (Lipinski definition) is 1. The molecular weight excluding hydrogens is 310 g/mol. The van der Waals surface area contributed by atoms with Crippen molar-refractivity contribution in [1.82, 2.24) is 19.7 Å². The van der Waals surface area contributed by atoms with Gasteiger partial charge in [-0.2, -0.15) is 5.10 Å². The van der Waals surface area contributed by atoms with Crippen LogP contribution in [0.25, 0.3) is 11.3 Å². The number of aryl methyl sites for hydroxylation is 2. The Morgan fingerprint density at radius 2 is 1.91 bits per heavy atom. The van der Waals surface area contributed by atoms with Crippen LogP contribution in [0.15, 0.2) is 42.7 Å². The molecule has 0 unspecified atom stereocenters. The van der Waals surface area contributed by atoms with Crippen LogP contribution in [0.3, 0.4) is 0 Å². The van der Waals surface area contributed by atoms with Crippen LogP contribution in [0, 0.1) is 6.92 Å². The molecule has 0 radical (unpaired) electrons. The second kappa shape index (κ2) is 6.38. The standard InChI is InChI=1S/C17H18ClN5/c1-11(13-4-6-14(18)7-5-13)20-17-19-9-8-16(21-17)15-10-23(3)22-12(15)2/h4-11H,1-3H3,(H,19,20,21)/t11-/m1/s1. The summed E-state index contributed by atoms with van der Waals surface area (Å²) in [5.74, 6) is 0.591. The third-order valence-corrected chi connectivity index (χ3v) is 3.91. The number of rotatable bonds is 4. The molecule has 2 aromatic heterocycles. The lowest BCUT2D eigenvalue weighted by Gasteiger charge is -2.14. The second-order valence-corrected chi connectivity index (χ2v) is 5.92. The van der Waals surface area contributed by atoms with E-state index in [1.54, 1.807) is 10.9 Å². The fourth-order valence-corrected chi connectivity index (χ4v) is 2.58. The molecule has 1 aromatic carbocycles. The van der Waals surface area contributed by atoms with E-state index < -0.39 is 0 Å². The fraction of sp³-hybridized carbons (Fsp3) is 0.235. The number of aromatic nitrogens is 4. The van der Waals surface area contributed by atoms with Gasteiger partial charge in [0, 0.05) is 30.0 Å². The zero-order valence-electron chi connectivity index (χ0n) is 13.3. The number of nitrogens with zero attached hydrogens (tertiary/aromatic N) is 4. The molecule has 0 aliphatic rings. The van der Waals surface area contributed by atoms with Gasteiger partial charge in [-0.25, -0.2) is 9.97 Å². The molecule has 0 bridgehead atoms. The van der Waals surface area contributed by atoms with E-state index in [0.717, 1.165) is 27.5 Å². The Morgan fingerprint density at radius 3 is 2.57 bits per heavy atom. The van der Waals surface area contributed by atoms with Crippen LogP contribution in [0.1, 0.15) is 24.2 Å². The molecule has 0 aliphatic carbocycles. The van der Waals surface area contributed by atoms with Gasteiger partial charge in [-0.05, 0) is 37.6 Å². The summed E-state index contributed by atoms with van der Waals surface area (Å²) in [7, 11) is 1.90. The SMILES string of the molecule is Cc1nn(C)cc1-c1ccnc(N[C@H](C)c2ccc(Cl)cc2)n1. The Labute approximate surface area is 140 Å². The highest BCUT2D eigenvalue weighted by Crippen LogP contribution is 2.23. The highest BCUT2D eigenvalue weighted by Gasteiger charge is 2.11. The maximum atomic E-state index is 5.93. The Balaban J connectivity index is 1.82. The molecule has 3 rings (SSSR count). The van der Waals surface area contributed by atoms with Gasteiger partial charge in [-0.15, -0.1) is 0 Å². The minimum atomic E-state index is 0.0810. The summed E-state index contributed by atoms with van der Waals surface area (Å²) >= 11 is 5.93. The normalized spacial score (nSPS) is 12.2. The summed E-state index contributed by atoms with van der Waals surface area (Å²) < 4.78 is 1.79. The average molecular weight is 328 g/mol. The van der Waals surface area contributed by atoms with E-state index in [-0.39, 0.29) is 6.04 Å². The summed E-state index contributed by atoms with van der Waals surface area (Å²) in [6.45, 7) is 4.04. The summed E-state index contributed by atoms with van der Waals surface area (Å²) in [5.41, 5.74) is 3.94. The van der Waals surface area contributed by atoms with Crippen molar-refractivity contribution in [2.45, 2.75) is 19.9 Å². The number of hydrogen-bond acceptors (Lipinski definition) is 4. The first kappa shape index (κ1) is 15.5. The second-order valence-electron chi connectivity index (χ2n) is 5.48. The smallest absolute Gasteiger partial charge is 0.223 e. The molecule has 1 atom stereocenters. The number of anilines is 1. The molecule has 6 heteroatoms. The van der Waals surface area contributed by atoms with E-state index in [9.17, 15) is 0 Å². The van der Waals surface area contributed by atoms with Crippen LogP contribution < -0.4 is 5.32 Å². The van der Waals surface area contributed by atoms with E-state index >= 15 is 0 Å². The third-order valence-electron chi connectivity index (χ3n) is 3.66. The average Bonchev–Trinajstić information content (AvgIpc) is 2.87. The monoisotopic (exact) mass is 327 g/mol. The zero-order valence-corrected chi connectivity index (χ0v) is 14.0. The van der Waals surface area contributed by atoms with Crippen LogP contribution >= 0.6 is 11.6 Å². The topological polar surface area (TPSA) is 55.6 Å². The van der Waals surface area contributed by atoms with Crippen molar-refractivity contribution >= 4 is 17.5 Å². The minimum absolute atomic E-state index is 0.0810. The lowest BCUT2D eigenvalue weighted by molar-refractivity contribution is 0.756. The van der Waals surface area contributed by atoms with Gasteiger partial charge in [-0.3, -0.25) is 4.68 Å². The van der Waals surface area contributed by atoms with Gasteiger partial charge in [0.15, 0.2) is 0 Å². The van der Waals surface area contributed by atoms with Crippen molar-refractivity contribution in [1.29, 1.82) is 0 Å². The molecule has 0 aliphatic heterocycles. The summed E-state index contributed by atoms with van der Waals surface area (Å²) in [4.78, 5) is 8.91. The molecule has 0 saturated heterocycles. The molecular formula is C17H18ClN5. The Morgan fingerprint density at radius 1 is 1.17 bits per heavy atom.